The topological polar surface area (TPSA) is 75.0 Å². The maximum absolute atomic E-state index is 12.9. The summed E-state index contributed by atoms with van der Waals surface area (Å²) in [6.07, 6.45) is 7.87. The third-order valence-corrected chi connectivity index (χ3v) is 5.13. The summed E-state index contributed by atoms with van der Waals surface area (Å²) in [6, 6.07) is 2.01. The number of rotatable bonds is 2. The number of nitrogens with zero attached hydrogens (tertiary/aromatic N) is 2. The number of carbonyl (C=O) groups is 1. The van der Waals surface area contributed by atoms with Gasteiger partial charge in [-0.15, -0.1) is 0 Å². The first-order chi connectivity index (χ1) is 10.1. The third kappa shape index (κ3) is 2.98. The molecule has 0 aromatic carbocycles. The monoisotopic (exact) mass is 290 g/mol. The highest BCUT2D eigenvalue weighted by Gasteiger charge is 2.41. The number of amides is 1. The zero-order chi connectivity index (χ0) is 14.9. The normalized spacial score (nSPS) is 33.9. The molecule has 0 bridgehead atoms. The van der Waals surface area contributed by atoms with Crippen LogP contribution in [0.25, 0.3) is 0 Å². The van der Waals surface area contributed by atoms with Gasteiger partial charge in [-0.25, -0.2) is 0 Å². The highest BCUT2D eigenvalue weighted by atomic mass is 16.2. The minimum absolute atomic E-state index is 0.165. The molecule has 0 spiro atoms. The number of hydrogen-bond donors (Lipinski definition) is 2. The third-order valence-electron chi connectivity index (χ3n) is 5.13. The van der Waals surface area contributed by atoms with E-state index in [9.17, 15) is 4.79 Å². The Balaban J connectivity index is 1.69. The Hall–Kier alpha value is -1.36. The number of carbonyl (C=O) groups excluding carboxylic acids is 1. The zero-order valence-electron chi connectivity index (χ0n) is 12.8. The summed E-state index contributed by atoms with van der Waals surface area (Å²) in [5.74, 6) is 1.09. The SMILES string of the molecule is CC1CCCC(N)(C(=O)N2CCCC(c3ccn[nH]3)C2)C1. The summed E-state index contributed by atoms with van der Waals surface area (Å²) in [7, 11) is 0. The van der Waals surface area contributed by atoms with E-state index in [2.05, 4.69) is 17.1 Å². The van der Waals surface area contributed by atoms with Crippen LogP contribution in [-0.4, -0.2) is 39.6 Å². The predicted octanol–water partition coefficient (Wildman–Crippen LogP) is 2.02. The molecule has 3 atom stereocenters. The van der Waals surface area contributed by atoms with E-state index in [1.807, 2.05) is 11.0 Å². The molecule has 1 aromatic heterocycles. The fourth-order valence-corrected chi connectivity index (χ4v) is 4.01. The number of H-pyrrole nitrogens is 1. The smallest absolute Gasteiger partial charge is 0.242 e. The van der Waals surface area contributed by atoms with Gasteiger partial charge < -0.3 is 10.6 Å². The minimum Gasteiger partial charge on any atom is -0.340 e. The van der Waals surface area contributed by atoms with Gasteiger partial charge in [0.1, 0.15) is 0 Å². The first-order valence-corrected chi connectivity index (χ1v) is 8.16. The molecule has 5 heteroatoms. The van der Waals surface area contributed by atoms with Gasteiger partial charge in [0, 0.05) is 30.9 Å². The number of likely N-dealkylation sites (tertiary alicyclic amines) is 1. The lowest BCUT2D eigenvalue weighted by Gasteiger charge is -2.41. The molecule has 1 aromatic rings. The Bertz CT molecular complexity index is 486. The van der Waals surface area contributed by atoms with Crippen molar-refractivity contribution in [3.05, 3.63) is 18.0 Å². The lowest BCUT2D eigenvalue weighted by atomic mass is 9.76. The molecular formula is C16H26N4O. The van der Waals surface area contributed by atoms with Crippen molar-refractivity contribution in [3.63, 3.8) is 0 Å². The molecule has 1 amide bonds. The Morgan fingerprint density at radius 1 is 1.48 bits per heavy atom. The molecule has 1 aliphatic heterocycles. The van der Waals surface area contributed by atoms with E-state index in [1.54, 1.807) is 6.20 Å². The first kappa shape index (κ1) is 14.6. The van der Waals surface area contributed by atoms with Crippen molar-refractivity contribution in [3.8, 4) is 0 Å². The van der Waals surface area contributed by atoms with Crippen molar-refractivity contribution < 1.29 is 4.79 Å². The second-order valence-corrected chi connectivity index (χ2v) is 6.96. The molecule has 2 fully saturated rings. The summed E-state index contributed by atoms with van der Waals surface area (Å²) >= 11 is 0. The van der Waals surface area contributed by atoms with Crippen LogP contribution in [0, 0.1) is 5.92 Å². The number of hydrogen-bond acceptors (Lipinski definition) is 3. The van der Waals surface area contributed by atoms with Gasteiger partial charge in [0.2, 0.25) is 5.91 Å². The van der Waals surface area contributed by atoms with Gasteiger partial charge in [-0.3, -0.25) is 9.89 Å². The molecule has 116 valence electrons. The van der Waals surface area contributed by atoms with E-state index in [-0.39, 0.29) is 5.91 Å². The molecule has 3 rings (SSSR count). The molecule has 3 N–H and O–H groups in total. The highest BCUT2D eigenvalue weighted by molar-refractivity contribution is 5.86. The largest absolute Gasteiger partial charge is 0.340 e. The molecule has 5 nitrogen and oxygen atoms in total. The van der Waals surface area contributed by atoms with Crippen molar-refractivity contribution in [2.45, 2.75) is 56.9 Å². The van der Waals surface area contributed by atoms with Crippen LogP contribution in [0.5, 0.6) is 0 Å². The standard InChI is InChI=1S/C16H26N4O/c1-12-4-2-7-16(17,10-12)15(21)20-9-3-5-13(11-20)14-6-8-18-19-14/h6,8,12-13H,2-5,7,9-11,17H2,1H3,(H,18,19). The van der Waals surface area contributed by atoms with Crippen molar-refractivity contribution in [2.24, 2.45) is 11.7 Å². The van der Waals surface area contributed by atoms with Gasteiger partial charge in [-0.2, -0.15) is 5.10 Å². The number of aromatic nitrogens is 2. The zero-order valence-corrected chi connectivity index (χ0v) is 12.8. The first-order valence-electron chi connectivity index (χ1n) is 8.16. The van der Waals surface area contributed by atoms with Crippen LogP contribution in [0.3, 0.4) is 0 Å². The quantitative estimate of drug-likeness (QED) is 0.875. The van der Waals surface area contributed by atoms with Crippen molar-refractivity contribution >= 4 is 5.91 Å². The summed E-state index contributed by atoms with van der Waals surface area (Å²) in [4.78, 5) is 14.9. The molecule has 0 radical (unpaired) electrons. The molecule has 2 heterocycles. The predicted molar refractivity (Wildman–Crippen MR) is 81.7 cm³/mol. The summed E-state index contributed by atoms with van der Waals surface area (Å²) in [5.41, 5.74) is 6.98. The summed E-state index contributed by atoms with van der Waals surface area (Å²) in [5, 5.41) is 7.07. The van der Waals surface area contributed by atoms with Gasteiger partial charge in [-0.05, 0) is 37.7 Å². The molecular weight excluding hydrogens is 264 g/mol. The maximum atomic E-state index is 12.9. The van der Waals surface area contributed by atoms with E-state index in [1.165, 1.54) is 6.42 Å². The lowest BCUT2D eigenvalue weighted by Crippen LogP contribution is -2.58. The number of nitrogens with two attached hydrogens (primary N) is 1. The van der Waals surface area contributed by atoms with E-state index in [0.717, 1.165) is 50.9 Å². The van der Waals surface area contributed by atoms with E-state index < -0.39 is 5.54 Å². The Kier molecular flexibility index (Phi) is 4.02. The molecule has 3 unspecified atom stereocenters. The molecule has 2 aliphatic rings. The van der Waals surface area contributed by atoms with E-state index >= 15 is 0 Å². The van der Waals surface area contributed by atoms with Gasteiger partial charge in [0.25, 0.3) is 0 Å². The van der Waals surface area contributed by atoms with Gasteiger partial charge in [0.05, 0.1) is 5.54 Å². The molecule has 1 saturated heterocycles. The van der Waals surface area contributed by atoms with Gasteiger partial charge in [-0.1, -0.05) is 19.8 Å². The van der Waals surface area contributed by atoms with Crippen LogP contribution < -0.4 is 5.73 Å². The van der Waals surface area contributed by atoms with Crippen molar-refractivity contribution in [1.82, 2.24) is 15.1 Å². The summed E-state index contributed by atoms with van der Waals surface area (Å²) in [6.45, 7) is 3.82. The van der Waals surface area contributed by atoms with Crippen LogP contribution >= 0.6 is 0 Å². The Morgan fingerprint density at radius 3 is 3.05 bits per heavy atom. The number of nitrogens with one attached hydrogen (secondary N) is 1. The molecule has 21 heavy (non-hydrogen) atoms. The highest BCUT2D eigenvalue weighted by Crippen LogP contribution is 2.34. The van der Waals surface area contributed by atoms with Crippen molar-refractivity contribution in [2.75, 3.05) is 13.1 Å². The average molecular weight is 290 g/mol. The lowest BCUT2D eigenvalue weighted by molar-refractivity contribution is -0.140. The molecule has 1 aliphatic carbocycles. The van der Waals surface area contributed by atoms with Crippen LogP contribution in [0.1, 0.15) is 57.1 Å². The minimum atomic E-state index is -0.631. The Labute approximate surface area is 126 Å². The van der Waals surface area contributed by atoms with Crippen LogP contribution in [0.15, 0.2) is 12.3 Å². The number of piperidine rings is 1. The van der Waals surface area contributed by atoms with Crippen LogP contribution in [-0.2, 0) is 4.79 Å². The van der Waals surface area contributed by atoms with E-state index in [4.69, 9.17) is 5.73 Å². The van der Waals surface area contributed by atoms with Crippen LogP contribution in [0.2, 0.25) is 0 Å². The summed E-state index contributed by atoms with van der Waals surface area (Å²) < 4.78 is 0. The van der Waals surface area contributed by atoms with Crippen molar-refractivity contribution in [1.29, 1.82) is 0 Å². The average Bonchev–Trinajstić information content (AvgIpc) is 3.00. The second-order valence-electron chi connectivity index (χ2n) is 6.96. The molecule has 1 saturated carbocycles. The fraction of sp³-hybridized carbons (Fsp3) is 0.750. The van der Waals surface area contributed by atoms with E-state index in [0.29, 0.717) is 11.8 Å². The Morgan fingerprint density at radius 2 is 2.33 bits per heavy atom. The van der Waals surface area contributed by atoms with Gasteiger partial charge >= 0.3 is 0 Å². The second kappa shape index (κ2) is 5.79. The van der Waals surface area contributed by atoms with Gasteiger partial charge in [0.15, 0.2) is 0 Å². The number of aromatic amines is 1. The maximum Gasteiger partial charge on any atom is 0.242 e. The van der Waals surface area contributed by atoms with Crippen LogP contribution in [0.4, 0.5) is 0 Å². The fourth-order valence-electron chi connectivity index (χ4n) is 4.01.